The van der Waals surface area contributed by atoms with Crippen LogP contribution < -0.4 is 0 Å². The third-order valence-corrected chi connectivity index (χ3v) is 2.75. The first-order chi connectivity index (χ1) is 5.10. The normalized spacial score (nSPS) is 16.5. The fourth-order valence-electron chi connectivity index (χ4n) is 0.162. The standard InChI is InChI=1S/CHF4NO4S2/c2-1(3,4)12(9,10)6(5)11(7)8/h(H,7,8)/p-1. The summed E-state index contributed by atoms with van der Waals surface area (Å²) in [7, 11) is -6.42. The van der Waals surface area contributed by atoms with Gasteiger partial charge in [0.2, 0.25) is 0 Å². The van der Waals surface area contributed by atoms with Gasteiger partial charge < -0.3 is 4.55 Å². The smallest absolute Gasteiger partial charge is 0.514 e. The largest absolute Gasteiger partial charge is 0.757 e. The highest BCUT2D eigenvalue weighted by Gasteiger charge is 2.51. The first-order valence-electron chi connectivity index (χ1n) is 1.97. The first-order valence-corrected chi connectivity index (χ1v) is 4.44. The van der Waals surface area contributed by atoms with Gasteiger partial charge in [-0.3, -0.25) is 4.21 Å². The van der Waals surface area contributed by atoms with Crippen LogP contribution in [0.25, 0.3) is 0 Å². The van der Waals surface area contributed by atoms with Gasteiger partial charge in [0.15, 0.2) is 0 Å². The Balaban J connectivity index is 5.03. The van der Waals surface area contributed by atoms with E-state index in [2.05, 4.69) is 0 Å². The van der Waals surface area contributed by atoms with Crippen molar-refractivity contribution in [3.8, 4) is 0 Å². The van der Waals surface area contributed by atoms with E-state index in [4.69, 9.17) is 0 Å². The van der Waals surface area contributed by atoms with E-state index in [0.29, 0.717) is 0 Å². The third-order valence-electron chi connectivity index (χ3n) is 0.599. The van der Waals surface area contributed by atoms with Crippen LogP contribution in [0, 0.1) is 0 Å². The Morgan fingerprint density at radius 1 is 1.33 bits per heavy atom. The fraction of sp³-hybridized carbons (Fsp3) is 1.00. The van der Waals surface area contributed by atoms with Crippen LogP contribution in [-0.4, -0.2) is 26.6 Å². The first kappa shape index (κ1) is 11.7. The van der Waals surface area contributed by atoms with E-state index in [9.17, 15) is 34.8 Å². The maximum atomic E-state index is 11.7. The molecule has 11 heteroatoms. The lowest BCUT2D eigenvalue weighted by molar-refractivity contribution is -0.0513. The highest BCUT2D eigenvalue weighted by Crippen LogP contribution is 2.27. The summed E-state index contributed by atoms with van der Waals surface area (Å²) in [6.45, 7) is 0. The summed E-state index contributed by atoms with van der Waals surface area (Å²) >= 11 is -4.12. The monoisotopic (exact) mass is 230 g/mol. The molecule has 0 N–H and O–H groups in total. The number of hydrogen-bond acceptors (Lipinski definition) is 4. The zero-order valence-electron chi connectivity index (χ0n) is 4.91. The molecule has 0 radical (unpaired) electrons. The van der Waals surface area contributed by atoms with Crippen molar-refractivity contribution in [1.82, 2.24) is 3.93 Å². The van der Waals surface area contributed by atoms with E-state index < -0.39 is 30.7 Å². The van der Waals surface area contributed by atoms with E-state index >= 15 is 0 Å². The molecule has 1 unspecified atom stereocenters. The van der Waals surface area contributed by atoms with Crippen LogP contribution in [0.4, 0.5) is 17.7 Å². The predicted molar refractivity (Wildman–Crippen MR) is 26.8 cm³/mol. The van der Waals surface area contributed by atoms with Gasteiger partial charge in [-0.1, -0.05) is 0 Å². The van der Waals surface area contributed by atoms with Crippen molar-refractivity contribution in [2.24, 2.45) is 0 Å². The lowest BCUT2D eigenvalue weighted by Crippen LogP contribution is -2.36. The van der Waals surface area contributed by atoms with Crippen molar-refractivity contribution in [1.29, 1.82) is 0 Å². The zero-order chi connectivity index (χ0) is 10.2. The highest BCUT2D eigenvalue weighted by atomic mass is 32.3. The zero-order valence-corrected chi connectivity index (χ0v) is 6.54. The van der Waals surface area contributed by atoms with Gasteiger partial charge >= 0.3 is 15.5 Å². The number of hydrogen-bond donors (Lipinski definition) is 0. The lowest BCUT2D eigenvalue weighted by atomic mass is 11.6. The van der Waals surface area contributed by atoms with Crippen molar-refractivity contribution in [3.63, 3.8) is 0 Å². The van der Waals surface area contributed by atoms with Crippen LogP contribution >= 0.6 is 0 Å². The van der Waals surface area contributed by atoms with Gasteiger partial charge in [-0.05, 0) is 0 Å². The summed E-state index contributed by atoms with van der Waals surface area (Å²) in [5.41, 5.74) is -5.97. The molecule has 74 valence electrons. The van der Waals surface area contributed by atoms with Crippen molar-refractivity contribution in [2.75, 3.05) is 0 Å². The molecular weight excluding hydrogens is 230 g/mol. The van der Waals surface area contributed by atoms with Crippen LogP contribution in [0.3, 0.4) is 0 Å². The van der Waals surface area contributed by atoms with Crippen LogP contribution in [-0.2, 0) is 21.3 Å². The average Bonchev–Trinajstić information content (AvgIpc) is 1.83. The molecule has 0 aliphatic carbocycles. The molecule has 5 nitrogen and oxygen atoms in total. The summed E-state index contributed by atoms with van der Waals surface area (Å²) in [5.74, 6) is 0. The summed E-state index contributed by atoms with van der Waals surface area (Å²) in [5, 5.41) is 0. The van der Waals surface area contributed by atoms with E-state index in [-0.39, 0.29) is 0 Å². The summed E-state index contributed by atoms with van der Waals surface area (Å²) in [6, 6.07) is 0. The Bertz CT molecular complexity index is 280. The maximum absolute atomic E-state index is 11.7. The number of sulfonamides is 1. The molecule has 0 aliphatic rings. The van der Waals surface area contributed by atoms with Crippen molar-refractivity contribution < 1.29 is 34.8 Å². The van der Waals surface area contributed by atoms with E-state index in [1.54, 1.807) is 0 Å². The number of alkyl halides is 3. The number of nitrogens with zero attached hydrogens (tertiary/aromatic N) is 1. The second-order valence-electron chi connectivity index (χ2n) is 1.35. The second kappa shape index (κ2) is 3.24. The van der Waals surface area contributed by atoms with Gasteiger partial charge in [0.1, 0.15) is 0 Å². The second-order valence-corrected chi connectivity index (χ2v) is 4.07. The van der Waals surface area contributed by atoms with Crippen LogP contribution in [0.5, 0.6) is 0 Å². The predicted octanol–water partition coefficient (Wildman–Crippen LogP) is -0.183. The van der Waals surface area contributed by atoms with Crippen LogP contribution in [0.1, 0.15) is 0 Å². The Morgan fingerprint density at radius 3 is 1.75 bits per heavy atom. The average molecular weight is 230 g/mol. The molecule has 0 amide bonds. The minimum atomic E-state index is -6.42. The topological polar surface area (TPSA) is 77.5 Å². The van der Waals surface area contributed by atoms with Gasteiger partial charge in [-0.15, -0.1) is 4.48 Å². The fourth-order valence-corrected chi connectivity index (χ4v) is 1.22. The van der Waals surface area contributed by atoms with Gasteiger partial charge in [0, 0.05) is 3.93 Å². The van der Waals surface area contributed by atoms with Gasteiger partial charge in [0.25, 0.3) is 0 Å². The molecule has 0 aromatic carbocycles. The highest BCUT2D eigenvalue weighted by molar-refractivity contribution is 7.99. The Hall–Kier alpha value is -0.260. The number of rotatable bonds is 2. The lowest BCUT2D eigenvalue weighted by Gasteiger charge is -2.15. The van der Waals surface area contributed by atoms with Crippen LogP contribution in [0.15, 0.2) is 0 Å². The molecule has 0 aromatic rings. The molecule has 0 fully saturated rings. The molecular formula is CF4NO4S2-. The Labute approximate surface area is 66.4 Å². The van der Waals surface area contributed by atoms with E-state index in [0.717, 1.165) is 0 Å². The SMILES string of the molecule is O=S([O-])N(F)S(=O)(=O)C(F)(F)F. The minimum Gasteiger partial charge on any atom is -0.757 e. The number of halogens is 4. The summed E-state index contributed by atoms with van der Waals surface area (Å²) in [4.78, 5) is 0. The molecule has 0 aromatic heterocycles. The quantitative estimate of drug-likeness (QED) is 0.374. The summed E-state index contributed by atoms with van der Waals surface area (Å²) in [6.07, 6.45) is 0. The van der Waals surface area contributed by atoms with Gasteiger partial charge in [0.05, 0.1) is 11.3 Å². The minimum absolute atomic E-state index is 2.30. The summed E-state index contributed by atoms with van der Waals surface area (Å²) < 4.78 is 81.9. The molecule has 12 heavy (non-hydrogen) atoms. The maximum Gasteiger partial charge on any atom is 0.514 e. The molecule has 0 rings (SSSR count). The van der Waals surface area contributed by atoms with Gasteiger partial charge in [-0.25, -0.2) is 0 Å². The Kier molecular flexibility index (Phi) is 3.17. The Morgan fingerprint density at radius 2 is 1.67 bits per heavy atom. The molecule has 0 spiro atoms. The van der Waals surface area contributed by atoms with Crippen LogP contribution in [0.2, 0.25) is 0 Å². The van der Waals surface area contributed by atoms with E-state index in [1.807, 2.05) is 0 Å². The molecule has 0 aliphatic heterocycles. The van der Waals surface area contributed by atoms with Crippen molar-refractivity contribution in [3.05, 3.63) is 0 Å². The van der Waals surface area contributed by atoms with E-state index in [1.165, 1.54) is 0 Å². The molecule has 0 bridgehead atoms. The molecule has 0 heterocycles. The molecule has 1 atom stereocenters. The third kappa shape index (κ3) is 2.12. The van der Waals surface area contributed by atoms with Gasteiger partial charge in [-0.2, -0.15) is 21.6 Å². The molecule has 0 saturated heterocycles. The van der Waals surface area contributed by atoms with Crippen molar-refractivity contribution in [2.45, 2.75) is 5.51 Å². The van der Waals surface area contributed by atoms with Crippen molar-refractivity contribution >= 4 is 21.3 Å². The molecule has 0 saturated carbocycles.